The first-order valence-electron chi connectivity index (χ1n) is 10.8. The zero-order chi connectivity index (χ0) is 22.2. The highest BCUT2D eigenvalue weighted by Crippen LogP contribution is 2.42. The van der Waals surface area contributed by atoms with Gasteiger partial charge in [0.15, 0.2) is 5.11 Å². The number of pyridine rings is 1. The van der Waals surface area contributed by atoms with E-state index in [1.54, 1.807) is 0 Å². The minimum Gasteiger partial charge on any atom is -0.351 e. The smallest absolute Gasteiger partial charge is 0.174 e. The van der Waals surface area contributed by atoms with Crippen molar-refractivity contribution in [3.8, 4) is 5.69 Å². The van der Waals surface area contributed by atoms with Gasteiger partial charge in [-0.25, -0.2) is 0 Å². The summed E-state index contributed by atoms with van der Waals surface area (Å²) in [7, 11) is 0. The molecule has 2 aromatic heterocycles. The molecule has 0 saturated carbocycles. The highest BCUT2D eigenvalue weighted by Gasteiger charge is 2.42. The molecule has 0 amide bonds. The summed E-state index contributed by atoms with van der Waals surface area (Å²) in [5.74, 6) is 0. The molecular formula is C27H26N4S. The molecule has 2 atom stereocenters. The van der Waals surface area contributed by atoms with Crippen LogP contribution in [0, 0.1) is 20.8 Å². The van der Waals surface area contributed by atoms with Crippen molar-refractivity contribution in [1.82, 2.24) is 14.9 Å². The number of benzene rings is 2. The van der Waals surface area contributed by atoms with Crippen LogP contribution in [0.1, 0.15) is 40.2 Å². The van der Waals surface area contributed by atoms with Gasteiger partial charge in [-0.2, -0.15) is 0 Å². The number of nitrogens with zero attached hydrogens (tertiary/aromatic N) is 3. The third-order valence-electron chi connectivity index (χ3n) is 6.26. The SMILES string of the molecule is Cc1ccc(-n2cccc2[C@H]2[C@H](c3ccccn3)NC(=S)N2c2ccc(C)c(C)c2)cc1. The van der Waals surface area contributed by atoms with Crippen molar-refractivity contribution in [3.05, 3.63) is 113 Å². The summed E-state index contributed by atoms with van der Waals surface area (Å²) < 4.78 is 2.25. The van der Waals surface area contributed by atoms with Crippen molar-refractivity contribution in [3.63, 3.8) is 0 Å². The number of nitrogens with one attached hydrogen (secondary N) is 1. The number of thiocarbonyl (C=S) groups is 1. The van der Waals surface area contributed by atoms with E-state index in [0.717, 1.165) is 22.8 Å². The van der Waals surface area contributed by atoms with Gasteiger partial charge in [-0.05, 0) is 92.6 Å². The second-order valence-corrected chi connectivity index (χ2v) is 8.79. The largest absolute Gasteiger partial charge is 0.351 e. The number of aromatic nitrogens is 2. The quantitative estimate of drug-likeness (QED) is 0.398. The predicted molar refractivity (Wildman–Crippen MR) is 134 cm³/mol. The van der Waals surface area contributed by atoms with Crippen LogP contribution in [0.5, 0.6) is 0 Å². The fraction of sp³-hybridized carbons (Fsp3) is 0.185. The van der Waals surface area contributed by atoms with Gasteiger partial charge in [0.25, 0.3) is 0 Å². The molecule has 1 N–H and O–H groups in total. The first kappa shape index (κ1) is 20.5. The molecule has 1 aliphatic heterocycles. The molecule has 1 aliphatic rings. The summed E-state index contributed by atoms with van der Waals surface area (Å²) >= 11 is 5.88. The second-order valence-electron chi connectivity index (χ2n) is 8.40. The molecular weight excluding hydrogens is 412 g/mol. The zero-order valence-corrected chi connectivity index (χ0v) is 19.3. The van der Waals surface area contributed by atoms with Crippen molar-refractivity contribution in [2.75, 3.05) is 4.90 Å². The molecule has 160 valence electrons. The van der Waals surface area contributed by atoms with Crippen molar-refractivity contribution in [1.29, 1.82) is 0 Å². The topological polar surface area (TPSA) is 33.1 Å². The van der Waals surface area contributed by atoms with E-state index < -0.39 is 0 Å². The van der Waals surface area contributed by atoms with Gasteiger partial charge >= 0.3 is 0 Å². The Morgan fingerprint density at radius 1 is 0.844 bits per heavy atom. The van der Waals surface area contributed by atoms with E-state index in [1.807, 2.05) is 18.3 Å². The highest BCUT2D eigenvalue weighted by atomic mass is 32.1. The van der Waals surface area contributed by atoms with Crippen molar-refractivity contribution < 1.29 is 0 Å². The second kappa shape index (κ2) is 8.24. The Bertz CT molecular complexity index is 1260. The fourth-order valence-electron chi connectivity index (χ4n) is 4.38. The van der Waals surface area contributed by atoms with Crippen LogP contribution in [0.15, 0.2) is 85.2 Å². The lowest BCUT2D eigenvalue weighted by Gasteiger charge is -2.29. The van der Waals surface area contributed by atoms with Gasteiger partial charge in [-0.1, -0.05) is 29.8 Å². The van der Waals surface area contributed by atoms with E-state index in [2.05, 4.69) is 107 Å². The molecule has 4 aromatic rings. The van der Waals surface area contributed by atoms with Gasteiger partial charge in [-0.3, -0.25) is 4.98 Å². The third-order valence-corrected chi connectivity index (χ3v) is 6.58. The Morgan fingerprint density at radius 2 is 1.62 bits per heavy atom. The summed E-state index contributed by atoms with van der Waals surface area (Å²) in [5.41, 5.74) is 8.12. The van der Waals surface area contributed by atoms with E-state index >= 15 is 0 Å². The van der Waals surface area contributed by atoms with Crippen molar-refractivity contribution in [2.24, 2.45) is 0 Å². The average Bonchev–Trinajstić information content (AvgIpc) is 3.41. The summed E-state index contributed by atoms with van der Waals surface area (Å²) in [6.45, 7) is 6.39. The van der Waals surface area contributed by atoms with Gasteiger partial charge in [0, 0.05) is 29.5 Å². The minimum absolute atomic E-state index is 0.0455. The van der Waals surface area contributed by atoms with Crippen LogP contribution in [-0.2, 0) is 0 Å². The monoisotopic (exact) mass is 438 g/mol. The standard InChI is InChI=1S/C27H26N4S/c1-18-9-12-21(13-10-18)30-16-6-8-24(30)26-25(23-7-4-5-15-28-23)29-27(32)31(26)22-14-11-19(2)20(3)17-22/h4-17,25-26H,1-3H3,(H,29,32)/t25-,26-/m0/s1. The van der Waals surface area contributed by atoms with Gasteiger partial charge in [-0.15, -0.1) is 0 Å². The fourth-order valence-corrected chi connectivity index (χ4v) is 4.73. The number of aryl methyl sites for hydroxylation is 3. The number of hydrogen-bond donors (Lipinski definition) is 1. The van der Waals surface area contributed by atoms with E-state index in [9.17, 15) is 0 Å². The molecule has 1 saturated heterocycles. The summed E-state index contributed by atoms with van der Waals surface area (Å²) in [6.07, 6.45) is 3.96. The Kier molecular flexibility index (Phi) is 5.27. The van der Waals surface area contributed by atoms with Crippen LogP contribution in [0.3, 0.4) is 0 Å². The molecule has 32 heavy (non-hydrogen) atoms. The van der Waals surface area contributed by atoms with Crippen LogP contribution >= 0.6 is 12.2 Å². The van der Waals surface area contributed by atoms with Gasteiger partial charge in [0.1, 0.15) is 6.04 Å². The van der Waals surface area contributed by atoms with Gasteiger partial charge < -0.3 is 14.8 Å². The van der Waals surface area contributed by atoms with E-state index in [4.69, 9.17) is 12.2 Å². The summed E-state index contributed by atoms with van der Waals surface area (Å²) in [4.78, 5) is 6.91. The number of hydrogen-bond acceptors (Lipinski definition) is 2. The maximum atomic E-state index is 5.88. The molecule has 0 unspecified atom stereocenters. The Balaban J connectivity index is 1.67. The Labute approximate surface area is 194 Å². The molecule has 4 nitrogen and oxygen atoms in total. The molecule has 0 spiro atoms. The minimum atomic E-state index is -0.0654. The lowest BCUT2D eigenvalue weighted by molar-refractivity contribution is 0.549. The number of rotatable bonds is 4. The molecule has 5 heteroatoms. The van der Waals surface area contributed by atoms with Crippen LogP contribution in [0.4, 0.5) is 5.69 Å². The zero-order valence-electron chi connectivity index (χ0n) is 18.5. The molecule has 2 aromatic carbocycles. The maximum absolute atomic E-state index is 5.88. The van der Waals surface area contributed by atoms with Crippen LogP contribution in [0.25, 0.3) is 5.69 Å². The van der Waals surface area contributed by atoms with Crippen LogP contribution in [-0.4, -0.2) is 14.7 Å². The molecule has 0 bridgehead atoms. The van der Waals surface area contributed by atoms with Crippen LogP contribution < -0.4 is 10.2 Å². The molecule has 5 rings (SSSR count). The molecule has 3 heterocycles. The van der Waals surface area contributed by atoms with Gasteiger partial charge in [0.05, 0.1) is 11.7 Å². The first-order valence-corrected chi connectivity index (χ1v) is 11.3. The third kappa shape index (κ3) is 3.59. The highest BCUT2D eigenvalue weighted by molar-refractivity contribution is 7.80. The normalized spacial score (nSPS) is 18.1. The van der Waals surface area contributed by atoms with E-state index in [-0.39, 0.29) is 12.1 Å². The average molecular weight is 439 g/mol. The molecule has 1 fully saturated rings. The Hall–Kier alpha value is -3.44. The van der Waals surface area contributed by atoms with Crippen molar-refractivity contribution >= 4 is 23.0 Å². The molecule has 0 aliphatic carbocycles. The number of anilines is 1. The Morgan fingerprint density at radius 3 is 2.34 bits per heavy atom. The first-order chi connectivity index (χ1) is 15.5. The van der Waals surface area contributed by atoms with E-state index in [1.165, 1.54) is 16.7 Å². The van der Waals surface area contributed by atoms with Crippen molar-refractivity contribution in [2.45, 2.75) is 32.9 Å². The summed E-state index contributed by atoms with van der Waals surface area (Å²) in [5, 5.41) is 4.27. The maximum Gasteiger partial charge on any atom is 0.174 e. The molecule has 0 radical (unpaired) electrons. The summed E-state index contributed by atoms with van der Waals surface area (Å²) in [6, 6.07) is 25.4. The van der Waals surface area contributed by atoms with Gasteiger partial charge in [0.2, 0.25) is 0 Å². The predicted octanol–water partition coefficient (Wildman–Crippen LogP) is 5.97. The van der Waals surface area contributed by atoms with Crippen LogP contribution in [0.2, 0.25) is 0 Å². The lowest BCUT2D eigenvalue weighted by atomic mass is 10.00. The lowest BCUT2D eigenvalue weighted by Crippen LogP contribution is -2.30. The van der Waals surface area contributed by atoms with E-state index in [0.29, 0.717) is 5.11 Å².